The van der Waals surface area contributed by atoms with Crippen LogP contribution in [0.5, 0.6) is 0 Å². The molecule has 182 valence electrons. The SMILES string of the molecule is CC(NC(=O)C(CCC(N)=O)NC(=O)C(N)Cc1ccccc1)C(=O)NC(C(=O)O)C(C)C. The molecule has 11 nitrogen and oxygen atoms in total. The van der Waals surface area contributed by atoms with Crippen LogP contribution in [0.4, 0.5) is 0 Å². The molecule has 0 aromatic heterocycles. The molecule has 8 N–H and O–H groups in total. The number of hydrogen-bond acceptors (Lipinski definition) is 6. The molecule has 1 aromatic carbocycles. The molecule has 0 aliphatic carbocycles. The van der Waals surface area contributed by atoms with Crippen LogP contribution < -0.4 is 27.4 Å². The van der Waals surface area contributed by atoms with Gasteiger partial charge in [0.15, 0.2) is 0 Å². The Morgan fingerprint density at radius 1 is 0.909 bits per heavy atom. The van der Waals surface area contributed by atoms with Crippen molar-refractivity contribution in [2.75, 3.05) is 0 Å². The number of benzene rings is 1. The van der Waals surface area contributed by atoms with Crippen LogP contribution in [-0.4, -0.2) is 58.9 Å². The van der Waals surface area contributed by atoms with Gasteiger partial charge in [-0.25, -0.2) is 4.79 Å². The van der Waals surface area contributed by atoms with E-state index in [1.807, 2.05) is 30.3 Å². The zero-order valence-electron chi connectivity index (χ0n) is 19.0. The van der Waals surface area contributed by atoms with Gasteiger partial charge in [-0.05, 0) is 31.2 Å². The van der Waals surface area contributed by atoms with Gasteiger partial charge in [0.05, 0.1) is 6.04 Å². The second kappa shape index (κ2) is 13.2. The van der Waals surface area contributed by atoms with Gasteiger partial charge in [0.2, 0.25) is 23.6 Å². The number of aliphatic carboxylic acids is 1. The van der Waals surface area contributed by atoms with Crippen molar-refractivity contribution in [1.29, 1.82) is 0 Å². The highest BCUT2D eigenvalue weighted by Gasteiger charge is 2.29. The second-order valence-electron chi connectivity index (χ2n) is 8.16. The lowest BCUT2D eigenvalue weighted by atomic mass is 10.0. The van der Waals surface area contributed by atoms with Crippen LogP contribution in [0.1, 0.15) is 39.2 Å². The number of carbonyl (C=O) groups is 5. The molecule has 0 saturated heterocycles. The average Bonchev–Trinajstić information content (AvgIpc) is 2.74. The smallest absolute Gasteiger partial charge is 0.326 e. The number of rotatable bonds is 13. The van der Waals surface area contributed by atoms with Gasteiger partial charge in [0, 0.05) is 6.42 Å². The number of carboxylic acid groups (broad SMARTS) is 1. The number of nitrogens with one attached hydrogen (secondary N) is 3. The first kappa shape index (κ1) is 27.6. The number of nitrogens with two attached hydrogens (primary N) is 2. The quantitative estimate of drug-likeness (QED) is 0.217. The number of carboxylic acids is 1. The number of primary amides is 1. The third-order valence-corrected chi connectivity index (χ3v) is 4.93. The molecule has 1 aromatic rings. The summed E-state index contributed by atoms with van der Waals surface area (Å²) in [7, 11) is 0. The lowest BCUT2D eigenvalue weighted by Crippen LogP contribution is -2.57. The molecule has 0 aliphatic rings. The Kier molecular flexibility index (Phi) is 11.0. The van der Waals surface area contributed by atoms with Crippen molar-refractivity contribution in [3.05, 3.63) is 35.9 Å². The van der Waals surface area contributed by atoms with Crippen molar-refractivity contribution >= 4 is 29.6 Å². The van der Waals surface area contributed by atoms with Crippen molar-refractivity contribution in [3.63, 3.8) is 0 Å². The van der Waals surface area contributed by atoms with E-state index in [0.29, 0.717) is 0 Å². The van der Waals surface area contributed by atoms with Crippen LogP contribution in [0.25, 0.3) is 0 Å². The molecule has 0 radical (unpaired) electrons. The zero-order valence-corrected chi connectivity index (χ0v) is 19.0. The van der Waals surface area contributed by atoms with Crippen molar-refractivity contribution < 1.29 is 29.1 Å². The van der Waals surface area contributed by atoms with Crippen LogP contribution in [0, 0.1) is 5.92 Å². The predicted molar refractivity (Wildman–Crippen MR) is 120 cm³/mol. The molecule has 0 aliphatic heterocycles. The van der Waals surface area contributed by atoms with Gasteiger partial charge in [-0.3, -0.25) is 19.2 Å². The molecule has 0 fully saturated rings. The Balaban J connectivity index is 2.80. The Bertz CT molecular complexity index is 845. The molecule has 4 unspecified atom stereocenters. The highest BCUT2D eigenvalue weighted by atomic mass is 16.4. The lowest BCUT2D eigenvalue weighted by molar-refractivity contribution is -0.143. The van der Waals surface area contributed by atoms with E-state index in [-0.39, 0.29) is 25.2 Å². The summed E-state index contributed by atoms with van der Waals surface area (Å²) in [5, 5.41) is 16.5. The van der Waals surface area contributed by atoms with Crippen LogP contribution in [0.3, 0.4) is 0 Å². The average molecular weight is 464 g/mol. The maximum absolute atomic E-state index is 12.7. The third-order valence-electron chi connectivity index (χ3n) is 4.93. The Morgan fingerprint density at radius 3 is 2.03 bits per heavy atom. The first-order valence-electron chi connectivity index (χ1n) is 10.6. The van der Waals surface area contributed by atoms with Crippen molar-refractivity contribution in [2.24, 2.45) is 17.4 Å². The van der Waals surface area contributed by atoms with Crippen LogP contribution >= 0.6 is 0 Å². The van der Waals surface area contributed by atoms with E-state index >= 15 is 0 Å². The summed E-state index contributed by atoms with van der Waals surface area (Å²) in [6.45, 7) is 4.65. The van der Waals surface area contributed by atoms with Gasteiger partial charge in [-0.2, -0.15) is 0 Å². The summed E-state index contributed by atoms with van der Waals surface area (Å²) in [5.74, 6) is -4.27. The predicted octanol–water partition coefficient (Wildman–Crippen LogP) is -0.963. The Labute approximate surface area is 192 Å². The molecule has 33 heavy (non-hydrogen) atoms. The Hall–Kier alpha value is -3.47. The highest BCUT2D eigenvalue weighted by molar-refractivity contribution is 5.94. The second-order valence-corrected chi connectivity index (χ2v) is 8.16. The fourth-order valence-electron chi connectivity index (χ4n) is 2.97. The summed E-state index contributed by atoms with van der Waals surface area (Å²) in [6.07, 6.45) is -0.0359. The largest absolute Gasteiger partial charge is 0.480 e. The van der Waals surface area contributed by atoms with Gasteiger partial charge in [-0.15, -0.1) is 0 Å². The molecule has 0 saturated carbocycles. The summed E-state index contributed by atoms with van der Waals surface area (Å²) in [4.78, 5) is 60.1. The minimum absolute atomic E-state index is 0.0942. The summed E-state index contributed by atoms with van der Waals surface area (Å²) in [6, 6.07) is 4.74. The molecular formula is C22H33N5O6. The normalized spacial score (nSPS) is 14.5. The van der Waals surface area contributed by atoms with Crippen molar-refractivity contribution in [3.8, 4) is 0 Å². The number of amides is 4. The first-order valence-corrected chi connectivity index (χ1v) is 10.6. The highest BCUT2D eigenvalue weighted by Crippen LogP contribution is 2.05. The minimum atomic E-state index is -1.20. The van der Waals surface area contributed by atoms with Gasteiger partial charge >= 0.3 is 5.97 Å². The molecule has 4 amide bonds. The van der Waals surface area contributed by atoms with Crippen molar-refractivity contribution in [2.45, 2.75) is 64.2 Å². The minimum Gasteiger partial charge on any atom is -0.480 e. The molecule has 0 heterocycles. The maximum atomic E-state index is 12.7. The van der Waals surface area contributed by atoms with E-state index in [4.69, 9.17) is 11.5 Å². The monoisotopic (exact) mass is 463 g/mol. The topological polar surface area (TPSA) is 194 Å². The number of hydrogen-bond donors (Lipinski definition) is 6. The zero-order chi connectivity index (χ0) is 25.1. The molecule has 1 rings (SSSR count). The van der Waals surface area contributed by atoms with Gasteiger partial charge in [0.25, 0.3) is 0 Å². The lowest BCUT2D eigenvalue weighted by Gasteiger charge is -2.24. The van der Waals surface area contributed by atoms with E-state index in [1.165, 1.54) is 6.92 Å². The Morgan fingerprint density at radius 2 is 1.52 bits per heavy atom. The molecule has 0 spiro atoms. The fourth-order valence-corrected chi connectivity index (χ4v) is 2.97. The van der Waals surface area contributed by atoms with Gasteiger partial charge < -0.3 is 32.5 Å². The van der Waals surface area contributed by atoms with E-state index in [1.54, 1.807) is 13.8 Å². The summed E-state index contributed by atoms with van der Waals surface area (Å²) >= 11 is 0. The molecule has 11 heteroatoms. The summed E-state index contributed by atoms with van der Waals surface area (Å²) in [5.41, 5.74) is 12.0. The van der Waals surface area contributed by atoms with E-state index in [2.05, 4.69) is 16.0 Å². The van der Waals surface area contributed by atoms with Crippen molar-refractivity contribution in [1.82, 2.24) is 16.0 Å². The van der Waals surface area contributed by atoms with Gasteiger partial charge in [0.1, 0.15) is 18.1 Å². The molecule has 0 bridgehead atoms. The molecule has 4 atom stereocenters. The van der Waals surface area contributed by atoms with Crippen LogP contribution in [-0.2, 0) is 30.4 Å². The fraction of sp³-hybridized carbons (Fsp3) is 0.500. The van der Waals surface area contributed by atoms with Gasteiger partial charge in [-0.1, -0.05) is 44.2 Å². The maximum Gasteiger partial charge on any atom is 0.326 e. The first-order chi connectivity index (χ1) is 15.4. The van der Waals surface area contributed by atoms with Crippen LogP contribution in [0.2, 0.25) is 0 Å². The van der Waals surface area contributed by atoms with E-state index in [0.717, 1.165) is 5.56 Å². The van der Waals surface area contributed by atoms with E-state index < -0.39 is 53.8 Å². The summed E-state index contributed by atoms with van der Waals surface area (Å²) < 4.78 is 0. The standard InChI is InChI=1S/C22H33N5O6/c1-12(2)18(22(32)33)27-19(29)13(3)25-21(31)16(9-10-17(24)28)26-20(30)15(23)11-14-7-5-4-6-8-14/h4-8,12-13,15-16,18H,9-11,23H2,1-3H3,(H2,24,28)(H,25,31)(H,26,30)(H,27,29)(H,32,33). The van der Waals surface area contributed by atoms with E-state index in [9.17, 15) is 29.1 Å². The van der Waals surface area contributed by atoms with Crippen LogP contribution in [0.15, 0.2) is 30.3 Å². The third kappa shape index (κ3) is 9.69. The number of carbonyl (C=O) groups excluding carboxylic acids is 4. The molecular weight excluding hydrogens is 430 g/mol.